The highest BCUT2D eigenvalue weighted by Crippen LogP contribution is 2.12. The van der Waals surface area contributed by atoms with Gasteiger partial charge in [0.15, 0.2) is 6.10 Å². The van der Waals surface area contributed by atoms with E-state index in [1.165, 1.54) is 70.6 Å². The fourth-order valence-corrected chi connectivity index (χ4v) is 6.98. The van der Waals surface area contributed by atoms with Crippen LogP contribution in [0.1, 0.15) is 226 Å². The summed E-state index contributed by atoms with van der Waals surface area (Å²) in [5.41, 5.74) is 0. The first-order valence-electron chi connectivity index (χ1n) is 27.7. The maximum absolute atomic E-state index is 12.8. The molecule has 0 spiro atoms. The molecule has 0 aromatic rings. The molecule has 6 nitrogen and oxygen atoms in total. The Morgan fingerprint density at radius 1 is 0.304 bits per heavy atom. The number of unbranched alkanes of at least 4 members (excludes halogenated alkanes) is 15. The van der Waals surface area contributed by atoms with Crippen molar-refractivity contribution in [3.8, 4) is 0 Å². The maximum Gasteiger partial charge on any atom is 0.306 e. The molecule has 0 saturated heterocycles. The number of ether oxygens (including phenoxy) is 3. The fourth-order valence-electron chi connectivity index (χ4n) is 6.98. The molecule has 6 heteroatoms. The van der Waals surface area contributed by atoms with Gasteiger partial charge in [-0.05, 0) is 122 Å². The Morgan fingerprint density at radius 2 is 0.609 bits per heavy atom. The highest BCUT2D eigenvalue weighted by atomic mass is 16.6. The van der Waals surface area contributed by atoms with E-state index in [0.29, 0.717) is 12.8 Å². The van der Waals surface area contributed by atoms with Crippen molar-refractivity contribution in [2.24, 2.45) is 0 Å². The molecule has 69 heavy (non-hydrogen) atoms. The van der Waals surface area contributed by atoms with Crippen LogP contribution >= 0.6 is 0 Å². The van der Waals surface area contributed by atoms with Crippen molar-refractivity contribution in [1.82, 2.24) is 0 Å². The topological polar surface area (TPSA) is 78.9 Å². The summed E-state index contributed by atoms with van der Waals surface area (Å²) in [7, 11) is 0. The van der Waals surface area contributed by atoms with Crippen molar-refractivity contribution in [1.29, 1.82) is 0 Å². The molecule has 0 amide bonds. The van der Waals surface area contributed by atoms with Crippen molar-refractivity contribution < 1.29 is 28.6 Å². The van der Waals surface area contributed by atoms with Crippen molar-refractivity contribution in [2.45, 2.75) is 232 Å². The predicted octanol–water partition coefficient (Wildman–Crippen LogP) is 18.6. The Kier molecular flexibility index (Phi) is 52.5. The molecule has 0 heterocycles. The lowest BCUT2D eigenvalue weighted by molar-refractivity contribution is -0.166. The van der Waals surface area contributed by atoms with Crippen LogP contribution in [0.2, 0.25) is 0 Å². The van der Waals surface area contributed by atoms with Gasteiger partial charge in [-0.15, -0.1) is 0 Å². The quantitative estimate of drug-likeness (QED) is 0.0262. The van der Waals surface area contributed by atoms with Crippen LogP contribution in [0.15, 0.2) is 134 Å². The molecule has 0 fully saturated rings. The second-order valence-electron chi connectivity index (χ2n) is 17.7. The number of allylic oxidation sites excluding steroid dienone is 22. The normalized spacial score (nSPS) is 13.1. The molecule has 1 atom stereocenters. The van der Waals surface area contributed by atoms with Crippen molar-refractivity contribution >= 4 is 17.9 Å². The van der Waals surface area contributed by atoms with Gasteiger partial charge in [0, 0.05) is 19.3 Å². The second-order valence-corrected chi connectivity index (χ2v) is 17.7. The van der Waals surface area contributed by atoms with E-state index in [1.807, 2.05) is 12.2 Å². The molecule has 0 saturated carbocycles. The van der Waals surface area contributed by atoms with Gasteiger partial charge < -0.3 is 14.2 Å². The molecule has 0 N–H and O–H groups in total. The van der Waals surface area contributed by atoms with E-state index in [4.69, 9.17) is 14.2 Å². The van der Waals surface area contributed by atoms with Gasteiger partial charge >= 0.3 is 17.9 Å². The summed E-state index contributed by atoms with van der Waals surface area (Å²) in [6.07, 6.45) is 78.8. The minimum atomic E-state index is -0.843. The zero-order valence-corrected chi connectivity index (χ0v) is 44.3. The Bertz CT molecular complexity index is 1510. The third-order valence-corrected chi connectivity index (χ3v) is 11.1. The first kappa shape index (κ1) is 64.5. The molecular formula is C63H100O6. The average molecular weight is 953 g/mol. The Labute approximate surface area is 424 Å². The molecule has 0 unspecified atom stereocenters. The monoisotopic (exact) mass is 953 g/mol. The van der Waals surface area contributed by atoms with Crippen LogP contribution in [-0.2, 0) is 28.6 Å². The number of rotatable bonds is 48. The van der Waals surface area contributed by atoms with Gasteiger partial charge in [-0.25, -0.2) is 0 Å². The van der Waals surface area contributed by atoms with Crippen LogP contribution in [0, 0.1) is 0 Å². The number of carbonyl (C=O) groups is 3. The van der Waals surface area contributed by atoms with Gasteiger partial charge in [-0.2, -0.15) is 0 Å². The lowest BCUT2D eigenvalue weighted by Gasteiger charge is -2.18. The van der Waals surface area contributed by atoms with Gasteiger partial charge in [-0.1, -0.05) is 219 Å². The average Bonchev–Trinajstić information content (AvgIpc) is 3.35. The zero-order chi connectivity index (χ0) is 50.0. The van der Waals surface area contributed by atoms with E-state index < -0.39 is 6.10 Å². The molecule has 388 valence electrons. The van der Waals surface area contributed by atoms with Crippen LogP contribution < -0.4 is 0 Å². The van der Waals surface area contributed by atoms with Gasteiger partial charge in [0.05, 0.1) is 0 Å². The van der Waals surface area contributed by atoms with Gasteiger partial charge in [0.1, 0.15) is 13.2 Å². The van der Waals surface area contributed by atoms with E-state index in [0.717, 1.165) is 103 Å². The molecule has 0 rings (SSSR count). The van der Waals surface area contributed by atoms with Crippen LogP contribution in [0.3, 0.4) is 0 Å². The molecule has 0 aliphatic rings. The number of hydrogen-bond donors (Lipinski definition) is 0. The summed E-state index contributed by atoms with van der Waals surface area (Å²) in [5, 5.41) is 0. The van der Waals surface area contributed by atoms with E-state index in [-0.39, 0.29) is 50.4 Å². The number of hydrogen-bond acceptors (Lipinski definition) is 6. The van der Waals surface area contributed by atoms with Crippen LogP contribution in [0.4, 0.5) is 0 Å². The first-order chi connectivity index (χ1) is 34.0. The van der Waals surface area contributed by atoms with E-state index in [1.54, 1.807) is 0 Å². The van der Waals surface area contributed by atoms with Gasteiger partial charge in [0.25, 0.3) is 0 Å². The first-order valence-corrected chi connectivity index (χ1v) is 27.7. The summed E-state index contributed by atoms with van der Waals surface area (Å²) >= 11 is 0. The van der Waals surface area contributed by atoms with Crippen LogP contribution in [0.25, 0.3) is 0 Å². The number of esters is 3. The lowest BCUT2D eigenvalue weighted by atomic mass is 10.1. The zero-order valence-electron chi connectivity index (χ0n) is 44.3. The smallest absolute Gasteiger partial charge is 0.306 e. The number of carbonyl (C=O) groups excluding carboxylic acids is 3. The molecule has 0 aromatic heterocycles. The molecule has 0 aliphatic heterocycles. The summed E-state index contributed by atoms with van der Waals surface area (Å²) in [5.74, 6) is -1.09. The SMILES string of the molecule is CC/C=C\C/C=C\C/C=C\CCCCCCCC(=O)O[C@H](COC(=O)CC/C=C\C/C=C\C/C=C\C/C=C\C/C=C\CCCCC)COC(=O)CCC/C=C\C/C=C\C/C=C\CCCCCCCC. The third kappa shape index (κ3) is 54.4. The predicted molar refractivity (Wildman–Crippen MR) is 297 cm³/mol. The maximum atomic E-state index is 12.8. The fraction of sp³-hybridized carbons (Fsp3) is 0.603. The highest BCUT2D eigenvalue weighted by molar-refractivity contribution is 5.71. The van der Waals surface area contributed by atoms with Gasteiger partial charge in [-0.3, -0.25) is 14.4 Å². The van der Waals surface area contributed by atoms with Crippen LogP contribution in [0.5, 0.6) is 0 Å². The molecule has 0 aromatic carbocycles. The molecule has 0 aliphatic carbocycles. The minimum Gasteiger partial charge on any atom is -0.462 e. The largest absolute Gasteiger partial charge is 0.462 e. The summed E-state index contributed by atoms with van der Waals surface area (Å²) < 4.78 is 16.7. The second kappa shape index (κ2) is 56.1. The van der Waals surface area contributed by atoms with Crippen molar-refractivity contribution in [3.63, 3.8) is 0 Å². The van der Waals surface area contributed by atoms with Crippen LogP contribution in [-0.4, -0.2) is 37.2 Å². The van der Waals surface area contributed by atoms with E-state index in [9.17, 15) is 14.4 Å². The lowest BCUT2D eigenvalue weighted by Crippen LogP contribution is -2.30. The minimum absolute atomic E-state index is 0.139. The summed E-state index contributed by atoms with van der Waals surface area (Å²) in [4.78, 5) is 38.0. The molecule has 0 bridgehead atoms. The standard InChI is InChI=1S/C63H100O6/c1-4-7-10-13-16-19-22-25-28-30-31-33-36-38-41-44-47-50-53-56-62(65)68-59-60(69-63(66)57-54-51-48-45-42-39-34-27-24-21-18-15-12-9-6-3)58-67-61(64)55-52-49-46-43-40-37-35-32-29-26-23-20-17-14-11-8-5-2/h9,12,16,18-19,21,25-29,31,33-35,37-38,41,43,46-47,50,60H,4-8,10-11,13-15,17,20,22-24,30,32,36,39-40,42,44-45,48-49,51-59H2,1-3H3/b12-9-,19-16-,21-18-,28-25-,29-26-,33-31-,34-27-,37-35-,41-38-,46-43-,50-47-/t60-/m0/s1. The Balaban J connectivity index is 4.62. The highest BCUT2D eigenvalue weighted by Gasteiger charge is 2.19. The summed E-state index contributed by atoms with van der Waals surface area (Å²) in [6.45, 7) is 6.35. The van der Waals surface area contributed by atoms with Crippen molar-refractivity contribution in [3.05, 3.63) is 134 Å². The summed E-state index contributed by atoms with van der Waals surface area (Å²) in [6, 6.07) is 0. The van der Waals surface area contributed by atoms with Crippen molar-refractivity contribution in [2.75, 3.05) is 13.2 Å². The Hall–Kier alpha value is -4.45. The molecule has 0 radical (unpaired) electrons. The van der Waals surface area contributed by atoms with Gasteiger partial charge in [0.2, 0.25) is 0 Å². The van der Waals surface area contributed by atoms with E-state index >= 15 is 0 Å². The van der Waals surface area contributed by atoms with E-state index in [2.05, 4.69) is 142 Å². The third-order valence-electron chi connectivity index (χ3n) is 11.1. The molecular weight excluding hydrogens is 853 g/mol. The Morgan fingerprint density at radius 3 is 1.04 bits per heavy atom.